The van der Waals surface area contributed by atoms with Crippen molar-refractivity contribution in [2.75, 3.05) is 14.2 Å². The van der Waals surface area contributed by atoms with E-state index in [0.717, 1.165) is 5.56 Å². The first-order chi connectivity index (χ1) is 11.1. The molecule has 120 valence electrons. The van der Waals surface area contributed by atoms with Crippen LogP contribution in [0.4, 0.5) is 0 Å². The normalized spacial score (nSPS) is 11.4. The predicted octanol–water partition coefficient (Wildman–Crippen LogP) is 2.21. The number of esters is 1. The van der Waals surface area contributed by atoms with Crippen molar-refractivity contribution in [3.05, 3.63) is 65.7 Å². The molecule has 5 heteroatoms. The van der Waals surface area contributed by atoms with E-state index in [4.69, 9.17) is 9.47 Å². The fourth-order valence-corrected chi connectivity index (χ4v) is 2.17. The average Bonchev–Trinajstić information content (AvgIpc) is 2.61. The molecule has 23 heavy (non-hydrogen) atoms. The first-order valence-corrected chi connectivity index (χ1v) is 7.20. The molecule has 0 spiro atoms. The molecule has 1 amide bonds. The van der Waals surface area contributed by atoms with E-state index in [0.29, 0.717) is 17.7 Å². The van der Waals surface area contributed by atoms with Gasteiger partial charge in [-0.05, 0) is 29.8 Å². The van der Waals surface area contributed by atoms with Crippen molar-refractivity contribution < 1.29 is 19.1 Å². The minimum atomic E-state index is -0.739. The van der Waals surface area contributed by atoms with Crippen molar-refractivity contribution in [3.8, 4) is 5.75 Å². The minimum Gasteiger partial charge on any atom is -0.497 e. The highest BCUT2D eigenvalue weighted by molar-refractivity contribution is 5.96. The molecule has 0 saturated heterocycles. The molecule has 1 atom stereocenters. The first-order valence-electron chi connectivity index (χ1n) is 7.20. The summed E-state index contributed by atoms with van der Waals surface area (Å²) < 4.78 is 9.84. The zero-order valence-corrected chi connectivity index (χ0v) is 13.1. The number of ether oxygens (including phenoxy) is 2. The number of amides is 1. The molecule has 1 N–H and O–H groups in total. The number of nitrogens with one attached hydrogen (secondary N) is 1. The molecule has 0 aliphatic carbocycles. The van der Waals surface area contributed by atoms with E-state index >= 15 is 0 Å². The van der Waals surface area contributed by atoms with Crippen LogP contribution in [0, 0.1) is 0 Å². The molecule has 5 nitrogen and oxygen atoms in total. The van der Waals surface area contributed by atoms with Crippen LogP contribution in [0.3, 0.4) is 0 Å². The summed E-state index contributed by atoms with van der Waals surface area (Å²) in [6.45, 7) is 0. The highest BCUT2D eigenvalue weighted by atomic mass is 16.5. The van der Waals surface area contributed by atoms with Gasteiger partial charge in [-0.25, -0.2) is 4.79 Å². The predicted molar refractivity (Wildman–Crippen MR) is 86.4 cm³/mol. The molecule has 0 aliphatic rings. The Bertz CT molecular complexity index is 652. The fraction of sp³-hybridized carbons (Fsp3) is 0.222. The Labute approximate surface area is 135 Å². The number of benzene rings is 2. The van der Waals surface area contributed by atoms with Crippen LogP contribution in [0.15, 0.2) is 54.6 Å². The van der Waals surface area contributed by atoms with Crippen LogP contribution >= 0.6 is 0 Å². The maximum atomic E-state index is 12.3. The van der Waals surface area contributed by atoms with Gasteiger partial charge in [-0.1, -0.05) is 30.3 Å². The van der Waals surface area contributed by atoms with Crippen LogP contribution in [0.5, 0.6) is 5.75 Å². The van der Waals surface area contributed by atoms with Crippen LogP contribution in [0.2, 0.25) is 0 Å². The molecular weight excluding hydrogens is 294 g/mol. The molecule has 0 aliphatic heterocycles. The summed E-state index contributed by atoms with van der Waals surface area (Å²) in [6, 6.07) is 15.4. The van der Waals surface area contributed by atoms with Gasteiger partial charge in [0.2, 0.25) is 0 Å². The van der Waals surface area contributed by atoms with Crippen molar-refractivity contribution in [2.45, 2.75) is 12.5 Å². The van der Waals surface area contributed by atoms with Crippen LogP contribution in [-0.2, 0) is 16.0 Å². The maximum absolute atomic E-state index is 12.3. The second kappa shape index (κ2) is 7.98. The van der Waals surface area contributed by atoms with Crippen molar-refractivity contribution in [1.29, 1.82) is 0 Å². The van der Waals surface area contributed by atoms with Crippen LogP contribution < -0.4 is 10.1 Å². The summed E-state index contributed by atoms with van der Waals surface area (Å²) in [4.78, 5) is 24.2. The van der Waals surface area contributed by atoms with E-state index in [1.54, 1.807) is 31.4 Å². The van der Waals surface area contributed by atoms with Gasteiger partial charge in [-0.2, -0.15) is 0 Å². The molecule has 0 radical (unpaired) electrons. The Hall–Kier alpha value is -2.82. The lowest BCUT2D eigenvalue weighted by molar-refractivity contribution is -0.142. The van der Waals surface area contributed by atoms with E-state index in [-0.39, 0.29) is 5.91 Å². The molecule has 0 saturated carbocycles. The lowest BCUT2D eigenvalue weighted by Gasteiger charge is -2.16. The zero-order chi connectivity index (χ0) is 16.7. The van der Waals surface area contributed by atoms with Gasteiger partial charge in [0.15, 0.2) is 0 Å². The molecule has 0 aromatic heterocycles. The average molecular weight is 313 g/mol. The maximum Gasteiger partial charge on any atom is 0.328 e. The molecule has 2 aromatic rings. The Morgan fingerprint density at radius 2 is 1.65 bits per heavy atom. The quantitative estimate of drug-likeness (QED) is 0.831. The van der Waals surface area contributed by atoms with Gasteiger partial charge in [0, 0.05) is 12.0 Å². The van der Waals surface area contributed by atoms with E-state index in [9.17, 15) is 9.59 Å². The Morgan fingerprint density at radius 3 is 2.22 bits per heavy atom. The molecule has 0 bridgehead atoms. The van der Waals surface area contributed by atoms with Crippen molar-refractivity contribution in [3.63, 3.8) is 0 Å². The summed E-state index contributed by atoms with van der Waals surface area (Å²) in [5, 5.41) is 2.72. The molecule has 0 heterocycles. The number of carbonyl (C=O) groups is 2. The second-order valence-corrected chi connectivity index (χ2v) is 4.97. The minimum absolute atomic E-state index is 0.334. The van der Waals surface area contributed by atoms with Gasteiger partial charge in [-0.15, -0.1) is 0 Å². The SMILES string of the molecule is COC(=O)[C@H](Cc1ccccc1)NC(=O)c1ccc(OC)cc1. The van der Waals surface area contributed by atoms with Gasteiger partial charge < -0.3 is 14.8 Å². The van der Waals surface area contributed by atoms with E-state index in [1.165, 1.54) is 7.11 Å². The summed E-state index contributed by atoms with van der Waals surface area (Å²) in [6.07, 6.45) is 0.370. The fourth-order valence-electron chi connectivity index (χ4n) is 2.17. The van der Waals surface area contributed by atoms with Crippen molar-refractivity contribution >= 4 is 11.9 Å². The Balaban J connectivity index is 2.10. The molecule has 0 fully saturated rings. The summed E-state index contributed by atoms with van der Waals surface area (Å²) >= 11 is 0. The van der Waals surface area contributed by atoms with E-state index in [1.807, 2.05) is 30.3 Å². The van der Waals surface area contributed by atoms with Crippen molar-refractivity contribution in [2.24, 2.45) is 0 Å². The van der Waals surface area contributed by atoms with E-state index in [2.05, 4.69) is 5.32 Å². The number of rotatable bonds is 6. The van der Waals surface area contributed by atoms with E-state index < -0.39 is 12.0 Å². The smallest absolute Gasteiger partial charge is 0.328 e. The topological polar surface area (TPSA) is 64.6 Å². The van der Waals surface area contributed by atoms with Crippen molar-refractivity contribution in [1.82, 2.24) is 5.32 Å². The lowest BCUT2D eigenvalue weighted by Crippen LogP contribution is -2.43. The molecule has 0 unspecified atom stereocenters. The number of carbonyl (C=O) groups excluding carboxylic acids is 2. The standard InChI is InChI=1S/C18H19NO4/c1-22-15-10-8-14(9-11-15)17(20)19-16(18(21)23-2)12-13-6-4-3-5-7-13/h3-11,16H,12H2,1-2H3,(H,19,20)/t16-/m0/s1. The van der Waals surface area contributed by atoms with Crippen LogP contribution in [0.1, 0.15) is 15.9 Å². The lowest BCUT2D eigenvalue weighted by atomic mass is 10.1. The molecular formula is C18H19NO4. The zero-order valence-electron chi connectivity index (χ0n) is 13.1. The summed E-state index contributed by atoms with van der Waals surface area (Å²) in [7, 11) is 2.86. The number of hydrogen-bond acceptors (Lipinski definition) is 4. The van der Waals surface area contributed by atoms with Gasteiger partial charge in [0.05, 0.1) is 14.2 Å². The first kappa shape index (κ1) is 16.5. The third-order valence-corrected chi connectivity index (χ3v) is 3.43. The van der Waals surface area contributed by atoms with Gasteiger partial charge in [0.1, 0.15) is 11.8 Å². The van der Waals surface area contributed by atoms with Gasteiger partial charge in [0.25, 0.3) is 5.91 Å². The Kier molecular flexibility index (Phi) is 5.74. The largest absolute Gasteiger partial charge is 0.497 e. The third-order valence-electron chi connectivity index (χ3n) is 3.43. The summed E-state index contributed by atoms with van der Waals surface area (Å²) in [5.74, 6) is -0.148. The third kappa shape index (κ3) is 4.57. The highest BCUT2D eigenvalue weighted by Crippen LogP contribution is 2.12. The van der Waals surface area contributed by atoms with Crippen LogP contribution in [0.25, 0.3) is 0 Å². The molecule has 2 rings (SSSR count). The van der Waals surface area contributed by atoms with Gasteiger partial charge >= 0.3 is 5.97 Å². The Morgan fingerprint density at radius 1 is 1.00 bits per heavy atom. The number of methoxy groups -OCH3 is 2. The monoisotopic (exact) mass is 313 g/mol. The molecule has 2 aromatic carbocycles. The van der Waals surface area contributed by atoms with Gasteiger partial charge in [-0.3, -0.25) is 4.79 Å². The second-order valence-electron chi connectivity index (χ2n) is 4.97. The highest BCUT2D eigenvalue weighted by Gasteiger charge is 2.22. The summed E-state index contributed by atoms with van der Waals surface area (Å²) in [5.41, 5.74) is 1.39. The van der Waals surface area contributed by atoms with Crippen LogP contribution in [-0.4, -0.2) is 32.1 Å². The number of hydrogen-bond donors (Lipinski definition) is 1.